The van der Waals surface area contributed by atoms with E-state index >= 15 is 0 Å². The first-order valence-electron chi connectivity index (χ1n) is 10.4. The average molecular weight is 415 g/mol. The zero-order chi connectivity index (χ0) is 22.6. The highest BCUT2D eigenvalue weighted by molar-refractivity contribution is 5.83. The van der Waals surface area contributed by atoms with Crippen LogP contribution in [0.2, 0.25) is 0 Å². The second-order valence-electron chi connectivity index (χ2n) is 6.44. The van der Waals surface area contributed by atoms with E-state index in [1.807, 2.05) is 87.5 Å². The average Bonchev–Trinajstić information content (AvgIpc) is 2.81. The molecule has 160 valence electrons. The van der Waals surface area contributed by atoms with Crippen molar-refractivity contribution in [2.24, 2.45) is 7.05 Å². The first kappa shape index (κ1) is 23.5. The Morgan fingerprint density at radius 1 is 1.23 bits per heavy atom. The van der Waals surface area contributed by atoms with Crippen LogP contribution in [0.15, 0.2) is 90.4 Å². The van der Waals surface area contributed by atoms with Crippen LogP contribution in [0.5, 0.6) is 0 Å². The lowest BCUT2D eigenvalue weighted by Gasteiger charge is -2.11. The molecule has 5 heteroatoms. The molecule has 2 aromatic heterocycles. The van der Waals surface area contributed by atoms with Gasteiger partial charge in [0.25, 0.3) is 5.56 Å². The number of allylic oxidation sites excluding steroid dienone is 7. The van der Waals surface area contributed by atoms with Gasteiger partial charge in [0.05, 0.1) is 0 Å². The third kappa shape index (κ3) is 6.12. The van der Waals surface area contributed by atoms with Gasteiger partial charge in [-0.1, -0.05) is 75.1 Å². The molecule has 0 fully saturated rings. The molecule has 0 aliphatic heterocycles. The SMILES string of the molecule is C=C/C=C\C(=C/C/C=C\C)c1cc2cnc(Nc3ccccc3)nc2n(C)c1=O.CC. The summed E-state index contributed by atoms with van der Waals surface area (Å²) in [5.74, 6) is 0.446. The number of para-hydroxylation sites is 1. The van der Waals surface area contributed by atoms with Gasteiger partial charge in [-0.25, -0.2) is 4.98 Å². The summed E-state index contributed by atoms with van der Waals surface area (Å²) in [5, 5.41) is 3.96. The zero-order valence-corrected chi connectivity index (χ0v) is 18.7. The van der Waals surface area contributed by atoms with E-state index in [2.05, 4.69) is 21.9 Å². The van der Waals surface area contributed by atoms with Gasteiger partial charge in [-0.3, -0.25) is 9.36 Å². The number of anilines is 2. The molecule has 2 heterocycles. The lowest BCUT2D eigenvalue weighted by atomic mass is 10.0. The largest absolute Gasteiger partial charge is 0.324 e. The van der Waals surface area contributed by atoms with Crippen molar-refractivity contribution in [3.05, 3.63) is 102 Å². The number of nitrogens with one attached hydrogen (secondary N) is 1. The standard InChI is InChI=1S/C24H24N4O.C2H6/c1-4-6-9-13-18(12-7-5-2)21-16-19-17-25-24(26-20-14-10-8-11-15-20)27-22(19)28(3)23(21)29;1-2/h4-8,10-17H,2,9H2,1,3H3,(H,25,26,27);1-2H3/b6-4-,12-7-,18-13+;. The lowest BCUT2D eigenvalue weighted by Crippen LogP contribution is -2.21. The van der Waals surface area contributed by atoms with Gasteiger partial charge in [0.1, 0.15) is 5.65 Å². The molecule has 0 atom stereocenters. The van der Waals surface area contributed by atoms with Gasteiger partial charge in [-0.05, 0) is 37.1 Å². The van der Waals surface area contributed by atoms with Crippen LogP contribution >= 0.6 is 0 Å². The maximum absolute atomic E-state index is 13.1. The van der Waals surface area contributed by atoms with E-state index in [-0.39, 0.29) is 5.56 Å². The molecule has 3 rings (SSSR count). The summed E-state index contributed by atoms with van der Waals surface area (Å²) in [7, 11) is 1.73. The molecule has 0 saturated carbocycles. The summed E-state index contributed by atoms with van der Waals surface area (Å²) < 4.78 is 1.56. The molecule has 0 saturated heterocycles. The van der Waals surface area contributed by atoms with Crippen LogP contribution in [0.4, 0.5) is 11.6 Å². The predicted molar refractivity (Wildman–Crippen MR) is 133 cm³/mol. The highest BCUT2D eigenvalue weighted by Gasteiger charge is 2.11. The lowest BCUT2D eigenvalue weighted by molar-refractivity contribution is 0.880. The van der Waals surface area contributed by atoms with Gasteiger partial charge in [0, 0.05) is 29.9 Å². The quantitative estimate of drug-likeness (QED) is 0.370. The van der Waals surface area contributed by atoms with E-state index in [0.29, 0.717) is 17.2 Å². The Morgan fingerprint density at radius 2 is 1.97 bits per heavy atom. The van der Waals surface area contributed by atoms with Crippen molar-refractivity contribution in [2.75, 3.05) is 5.32 Å². The minimum Gasteiger partial charge on any atom is -0.324 e. The van der Waals surface area contributed by atoms with Gasteiger partial charge in [-0.2, -0.15) is 4.98 Å². The number of rotatable bonds is 7. The van der Waals surface area contributed by atoms with E-state index in [1.54, 1.807) is 23.9 Å². The molecular weight excluding hydrogens is 384 g/mol. The number of aromatic nitrogens is 3. The normalized spacial score (nSPS) is 11.5. The smallest absolute Gasteiger partial charge is 0.259 e. The van der Waals surface area contributed by atoms with Crippen LogP contribution in [0.3, 0.4) is 0 Å². The first-order valence-corrected chi connectivity index (χ1v) is 10.4. The van der Waals surface area contributed by atoms with Crippen LogP contribution in [-0.4, -0.2) is 14.5 Å². The zero-order valence-electron chi connectivity index (χ0n) is 18.7. The van der Waals surface area contributed by atoms with Crippen LogP contribution in [0.25, 0.3) is 16.6 Å². The van der Waals surface area contributed by atoms with Crippen molar-refractivity contribution < 1.29 is 0 Å². The molecule has 0 aliphatic rings. The molecule has 0 spiro atoms. The number of benzene rings is 1. The summed E-state index contributed by atoms with van der Waals surface area (Å²) in [6, 6.07) is 11.5. The van der Waals surface area contributed by atoms with Gasteiger partial charge >= 0.3 is 0 Å². The van der Waals surface area contributed by atoms with E-state index in [9.17, 15) is 4.79 Å². The van der Waals surface area contributed by atoms with Crippen molar-refractivity contribution in [1.29, 1.82) is 0 Å². The van der Waals surface area contributed by atoms with Crippen molar-refractivity contribution in [1.82, 2.24) is 14.5 Å². The second kappa shape index (κ2) is 12.1. The Balaban J connectivity index is 0.00000166. The van der Waals surface area contributed by atoms with Crippen molar-refractivity contribution in [2.45, 2.75) is 27.2 Å². The van der Waals surface area contributed by atoms with E-state index in [1.165, 1.54) is 0 Å². The first-order chi connectivity index (χ1) is 15.1. The molecule has 5 nitrogen and oxygen atoms in total. The summed E-state index contributed by atoms with van der Waals surface area (Å²) in [6.45, 7) is 9.69. The van der Waals surface area contributed by atoms with E-state index in [4.69, 9.17) is 0 Å². The molecule has 0 unspecified atom stereocenters. The monoisotopic (exact) mass is 414 g/mol. The number of hydrogen-bond donors (Lipinski definition) is 1. The van der Waals surface area contributed by atoms with Gasteiger partial charge in [0.15, 0.2) is 0 Å². The van der Waals surface area contributed by atoms with Crippen LogP contribution in [0, 0.1) is 0 Å². The Morgan fingerprint density at radius 3 is 2.65 bits per heavy atom. The third-order valence-electron chi connectivity index (χ3n) is 4.41. The summed E-state index contributed by atoms with van der Waals surface area (Å²) in [5.41, 5.74) is 2.80. The number of hydrogen-bond acceptors (Lipinski definition) is 4. The van der Waals surface area contributed by atoms with Crippen LogP contribution in [0.1, 0.15) is 32.8 Å². The summed E-state index contributed by atoms with van der Waals surface area (Å²) in [6.07, 6.45) is 13.9. The summed E-state index contributed by atoms with van der Waals surface area (Å²) >= 11 is 0. The molecule has 31 heavy (non-hydrogen) atoms. The fourth-order valence-corrected chi connectivity index (χ4v) is 2.93. The fraction of sp³-hybridized carbons (Fsp3) is 0.192. The Bertz CT molecular complexity index is 1160. The molecule has 1 aromatic carbocycles. The topological polar surface area (TPSA) is 59.8 Å². The summed E-state index contributed by atoms with van der Waals surface area (Å²) in [4.78, 5) is 22.0. The second-order valence-corrected chi connectivity index (χ2v) is 6.44. The molecule has 3 aromatic rings. The number of pyridine rings is 1. The predicted octanol–water partition coefficient (Wildman–Crippen LogP) is 6.19. The Kier molecular flexibility index (Phi) is 9.17. The van der Waals surface area contributed by atoms with Crippen molar-refractivity contribution in [3.63, 3.8) is 0 Å². The highest BCUT2D eigenvalue weighted by Crippen LogP contribution is 2.20. The van der Waals surface area contributed by atoms with Crippen LogP contribution in [-0.2, 0) is 7.05 Å². The van der Waals surface area contributed by atoms with Gasteiger partial charge < -0.3 is 5.32 Å². The third-order valence-corrected chi connectivity index (χ3v) is 4.41. The molecule has 0 bridgehead atoms. The van der Waals surface area contributed by atoms with Crippen molar-refractivity contribution in [3.8, 4) is 0 Å². The fourth-order valence-electron chi connectivity index (χ4n) is 2.93. The Labute approximate surface area is 184 Å². The molecule has 0 radical (unpaired) electrons. The number of nitrogens with zero attached hydrogens (tertiary/aromatic N) is 3. The minimum absolute atomic E-state index is 0.109. The number of fused-ring (bicyclic) bond motifs is 1. The minimum atomic E-state index is -0.109. The molecule has 0 amide bonds. The van der Waals surface area contributed by atoms with Gasteiger partial charge in [-0.15, -0.1) is 0 Å². The van der Waals surface area contributed by atoms with Crippen molar-refractivity contribution >= 4 is 28.2 Å². The van der Waals surface area contributed by atoms with Crippen LogP contribution < -0.4 is 10.9 Å². The molecule has 1 N–H and O–H groups in total. The van der Waals surface area contributed by atoms with E-state index in [0.717, 1.165) is 23.1 Å². The van der Waals surface area contributed by atoms with Gasteiger partial charge in [0.2, 0.25) is 5.95 Å². The number of aryl methyl sites for hydroxylation is 1. The molecular formula is C26H30N4O. The highest BCUT2D eigenvalue weighted by atomic mass is 16.1. The maximum atomic E-state index is 13.1. The van der Waals surface area contributed by atoms with E-state index < -0.39 is 0 Å². The Hall–Kier alpha value is -3.73. The maximum Gasteiger partial charge on any atom is 0.259 e. The molecule has 0 aliphatic carbocycles.